The Balaban J connectivity index is 2.18. The Morgan fingerprint density at radius 3 is 2.28 bits per heavy atom. The quantitative estimate of drug-likeness (QED) is 0.752. The van der Waals surface area contributed by atoms with E-state index in [0.717, 1.165) is 10.5 Å². The van der Waals surface area contributed by atoms with Crippen LogP contribution in [0.3, 0.4) is 0 Å². The molecular formula is C18H22N2O3S2. The van der Waals surface area contributed by atoms with Gasteiger partial charge in [0.1, 0.15) is 0 Å². The molecule has 0 spiro atoms. The second kappa shape index (κ2) is 8.03. The molecule has 0 saturated carbocycles. The average Bonchev–Trinajstić information content (AvgIpc) is 2.54. The van der Waals surface area contributed by atoms with Gasteiger partial charge in [-0.15, -0.1) is 11.8 Å². The lowest BCUT2D eigenvalue weighted by molar-refractivity contribution is 0.102. The molecule has 0 aromatic heterocycles. The van der Waals surface area contributed by atoms with E-state index in [2.05, 4.69) is 10.0 Å². The van der Waals surface area contributed by atoms with Gasteiger partial charge in [-0.25, -0.2) is 13.1 Å². The van der Waals surface area contributed by atoms with E-state index in [1.165, 1.54) is 12.1 Å². The van der Waals surface area contributed by atoms with Crippen molar-refractivity contribution in [2.45, 2.75) is 36.6 Å². The normalized spacial score (nSPS) is 11.6. The van der Waals surface area contributed by atoms with Crippen LogP contribution in [-0.2, 0) is 10.0 Å². The molecule has 0 bridgehead atoms. The zero-order valence-electron chi connectivity index (χ0n) is 14.7. The van der Waals surface area contributed by atoms with Crippen molar-refractivity contribution in [1.82, 2.24) is 4.72 Å². The zero-order valence-corrected chi connectivity index (χ0v) is 16.3. The Morgan fingerprint density at radius 1 is 1.08 bits per heavy atom. The van der Waals surface area contributed by atoms with Crippen molar-refractivity contribution in [3.63, 3.8) is 0 Å². The van der Waals surface area contributed by atoms with E-state index in [1.807, 2.05) is 31.4 Å². The molecule has 0 fully saturated rings. The number of thioether (sulfide) groups is 1. The minimum atomic E-state index is -3.54. The van der Waals surface area contributed by atoms with Crippen LogP contribution in [0.2, 0.25) is 0 Å². The van der Waals surface area contributed by atoms with Crippen LogP contribution in [-0.4, -0.2) is 26.6 Å². The molecule has 134 valence electrons. The molecule has 2 N–H and O–H groups in total. The summed E-state index contributed by atoms with van der Waals surface area (Å²) in [4.78, 5) is 13.7. The fourth-order valence-corrected chi connectivity index (χ4v) is 3.96. The van der Waals surface area contributed by atoms with E-state index in [0.29, 0.717) is 11.3 Å². The zero-order chi connectivity index (χ0) is 18.6. The summed E-state index contributed by atoms with van der Waals surface area (Å²) < 4.78 is 26.7. The van der Waals surface area contributed by atoms with Crippen LogP contribution in [0.15, 0.2) is 52.3 Å². The van der Waals surface area contributed by atoms with Crippen LogP contribution in [0.1, 0.15) is 29.8 Å². The summed E-state index contributed by atoms with van der Waals surface area (Å²) in [5, 5.41) is 2.81. The van der Waals surface area contributed by atoms with Crippen molar-refractivity contribution in [1.29, 1.82) is 0 Å². The summed E-state index contributed by atoms with van der Waals surface area (Å²) in [6, 6.07) is 11.7. The number of anilines is 1. The van der Waals surface area contributed by atoms with Crippen LogP contribution >= 0.6 is 11.8 Å². The van der Waals surface area contributed by atoms with Crippen molar-refractivity contribution >= 4 is 33.4 Å². The SMILES string of the molecule is CSc1ccc(C)c(C(=O)Nc2ccc(S(=O)(=O)NC(C)C)cc2)c1. The van der Waals surface area contributed by atoms with Gasteiger partial charge in [0, 0.05) is 22.2 Å². The molecule has 25 heavy (non-hydrogen) atoms. The Kier molecular flexibility index (Phi) is 6.26. The second-order valence-electron chi connectivity index (χ2n) is 5.94. The minimum absolute atomic E-state index is 0.166. The fraction of sp³-hybridized carbons (Fsp3) is 0.278. The van der Waals surface area contributed by atoms with Gasteiger partial charge in [0.25, 0.3) is 5.91 Å². The van der Waals surface area contributed by atoms with Gasteiger partial charge in [0.15, 0.2) is 0 Å². The standard InChI is InChI=1S/C18H22N2O3S2/c1-12(2)20-25(22,23)16-9-6-14(7-10-16)19-18(21)17-11-15(24-4)8-5-13(17)3/h5-12,20H,1-4H3,(H,19,21). The van der Waals surface area contributed by atoms with Gasteiger partial charge in [-0.1, -0.05) is 6.07 Å². The summed E-state index contributed by atoms with van der Waals surface area (Å²) >= 11 is 1.57. The number of carbonyl (C=O) groups is 1. The summed E-state index contributed by atoms with van der Waals surface area (Å²) in [5.74, 6) is -0.218. The number of benzene rings is 2. The number of carbonyl (C=O) groups excluding carboxylic acids is 1. The third kappa shape index (κ3) is 5.07. The van der Waals surface area contributed by atoms with Crippen LogP contribution in [0.25, 0.3) is 0 Å². The van der Waals surface area contributed by atoms with Crippen molar-refractivity contribution in [2.24, 2.45) is 0 Å². The maximum absolute atomic E-state index is 12.5. The smallest absolute Gasteiger partial charge is 0.255 e. The van der Waals surface area contributed by atoms with Gasteiger partial charge in [-0.05, 0) is 69.0 Å². The van der Waals surface area contributed by atoms with E-state index in [1.54, 1.807) is 37.7 Å². The number of sulfonamides is 1. The van der Waals surface area contributed by atoms with Crippen molar-refractivity contribution in [2.75, 3.05) is 11.6 Å². The average molecular weight is 379 g/mol. The highest BCUT2D eigenvalue weighted by Gasteiger charge is 2.16. The molecule has 1 amide bonds. The lowest BCUT2D eigenvalue weighted by Crippen LogP contribution is -2.30. The van der Waals surface area contributed by atoms with Gasteiger partial charge < -0.3 is 5.32 Å². The molecule has 7 heteroatoms. The fourth-order valence-electron chi connectivity index (χ4n) is 2.27. The Labute approximate surface area is 153 Å². The number of hydrogen-bond acceptors (Lipinski definition) is 4. The van der Waals surface area contributed by atoms with E-state index in [-0.39, 0.29) is 16.8 Å². The van der Waals surface area contributed by atoms with E-state index in [9.17, 15) is 13.2 Å². The molecule has 2 aromatic rings. The first-order valence-corrected chi connectivity index (χ1v) is 10.5. The van der Waals surface area contributed by atoms with Crippen LogP contribution < -0.4 is 10.0 Å². The summed E-state index contributed by atoms with van der Waals surface area (Å²) in [7, 11) is -3.54. The summed E-state index contributed by atoms with van der Waals surface area (Å²) in [5.41, 5.74) is 2.03. The highest BCUT2D eigenvalue weighted by atomic mass is 32.2. The first kappa shape index (κ1) is 19.5. The Hall–Kier alpha value is -1.83. The van der Waals surface area contributed by atoms with Gasteiger partial charge in [-0.2, -0.15) is 0 Å². The molecular weight excluding hydrogens is 356 g/mol. The molecule has 0 aliphatic rings. The molecule has 0 aliphatic carbocycles. The van der Waals surface area contributed by atoms with E-state index < -0.39 is 10.0 Å². The number of amides is 1. The van der Waals surface area contributed by atoms with Crippen molar-refractivity contribution in [3.05, 3.63) is 53.6 Å². The summed E-state index contributed by atoms with van der Waals surface area (Å²) in [6.07, 6.45) is 1.96. The maximum Gasteiger partial charge on any atom is 0.255 e. The first-order chi connectivity index (χ1) is 11.7. The first-order valence-electron chi connectivity index (χ1n) is 7.81. The van der Waals surface area contributed by atoms with Crippen molar-refractivity contribution < 1.29 is 13.2 Å². The van der Waals surface area contributed by atoms with Gasteiger partial charge in [0.05, 0.1) is 4.90 Å². The van der Waals surface area contributed by atoms with Gasteiger partial charge in [0.2, 0.25) is 10.0 Å². The highest BCUT2D eigenvalue weighted by molar-refractivity contribution is 7.98. The third-order valence-corrected chi connectivity index (χ3v) is 5.90. The Bertz CT molecular complexity index is 860. The molecule has 2 aromatic carbocycles. The number of nitrogens with one attached hydrogen (secondary N) is 2. The molecule has 0 heterocycles. The van der Waals surface area contributed by atoms with Crippen LogP contribution in [0, 0.1) is 6.92 Å². The highest BCUT2D eigenvalue weighted by Crippen LogP contribution is 2.21. The third-order valence-electron chi connectivity index (χ3n) is 3.50. The summed E-state index contributed by atoms with van der Waals surface area (Å²) in [6.45, 7) is 5.40. The molecule has 5 nitrogen and oxygen atoms in total. The van der Waals surface area contributed by atoms with Crippen molar-refractivity contribution in [3.8, 4) is 0 Å². The topological polar surface area (TPSA) is 75.3 Å². The molecule has 0 aliphatic heterocycles. The monoisotopic (exact) mass is 378 g/mol. The predicted octanol–water partition coefficient (Wildman–Crippen LogP) is 3.66. The van der Waals surface area contributed by atoms with E-state index in [4.69, 9.17) is 0 Å². The van der Waals surface area contributed by atoms with Crippen LogP contribution in [0.4, 0.5) is 5.69 Å². The maximum atomic E-state index is 12.5. The lowest BCUT2D eigenvalue weighted by atomic mass is 10.1. The minimum Gasteiger partial charge on any atom is -0.322 e. The molecule has 0 radical (unpaired) electrons. The lowest BCUT2D eigenvalue weighted by Gasteiger charge is -2.11. The largest absolute Gasteiger partial charge is 0.322 e. The molecule has 0 saturated heterocycles. The number of aryl methyl sites for hydroxylation is 1. The molecule has 0 atom stereocenters. The molecule has 0 unspecified atom stereocenters. The van der Waals surface area contributed by atoms with Gasteiger partial charge in [-0.3, -0.25) is 4.79 Å². The van der Waals surface area contributed by atoms with E-state index >= 15 is 0 Å². The second-order valence-corrected chi connectivity index (χ2v) is 8.53. The number of rotatable bonds is 6. The number of hydrogen-bond donors (Lipinski definition) is 2. The predicted molar refractivity (Wildman–Crippen MR) is 103 cm³/mol. The molecule has 2 rings (SSSR count). The van der Waals surface area contributed by atoms with Gasteiger partial charge >= 0.3 is 0 Å². The Morgan fingerprint density at radius 2 is 1.72 bits per heavy atom. The van der Waals surface area contributed by atoms with Crippen LogP contribution in [0.5, 0.6) is 0 Å².